The molecule has 2 N–H and O–H groups in total. The lowest BCUT2D eigenvalue weighted by Gasteiger charge is -2.24. The van der Waals surface area contributed by atoms with Gasteiger partial charge in [-0.3, -0.25) is 4.79 Å². The molecule has 4 aliphatic rings. The minimum absolute atomic E-state index is 0.0156. The molecule has 1 saturated heterocycles. The second kappa shape index (κ2) is 7.35. The monoisotopic (exact) mass is 419 g/mol. The predicted molar refractivity (Wildman–Crippen MR) is 113 cm³/mol. The van der Waals surface area contributed by atoms with Crippen molar-refractivity contribution >= 4 is 11.7 Å². The first-order valence-corrected chi connectivity index (χ1v) is 11.0. The molecule has 2 aliphatic carbocycles. The van der Waals surface area contributed by atoms with E-state index >= 15 is 0 Å². The number of rotatable bonds is 6. The number of benzene rings is 2. The normalized spacial score (nSPS) is 26.5. The first-order valence-electron chi connectivity index (χ1n) is 11.0. The summed E-state index contributed by atoms with van der Waals surface area (Å²) in [5.74, 6) is 2.00. The van der Waals surface area contributed by atoms with E-state index in [0.717, 1.165) is 47.5 Å². The van der Waals surface area contributed by atoms with Gasteiger partial charge in [0.1, 0.15) is 5.75 Å². The summed E-state index contributed by atoms with van der Waals surface area (Å²) in [4.78, 5) is 24.8. The highest BCUT2D eigenvalue weighted by atomic mass is 16.7. The largest absolute Gasteiger partial charge is 0.490 e. The van der Waals surface area contributed by atoms with Crippen LogP contribution < -0.4 is 10.2 Å². The molecule has 2 aliphatic heterocycles. The number of nitrogens with zero attached hydrogens (tertiary/aromatic N) is 2. The van der Waals surface area contributed by atoms with E-state index in [1.807, 2.05) is 35.2 Å². The minimum atomic E-state index is -0.408. The summed E-state index contributed by atoms with van der Waals surface area (Å²) in [5, 5.41) is 9.39. The van der Waals surface area contributed by atoms with Crippen LogP contribution in [0.15, 0.2) is 47.5 Å². The summed E-state index contributed by atoms with van der Waals surface area (Å²) < 4.78 is 5.82. The maximum atomic E-state index is 12.4. The number of carbonyl (C=O) groups is 1. The Kier molecular flexibility index (Phi) is 4.47. The lowest BCUT2D eigenvalue weighted by atomic mass is 10.0. The summed E-state index contributed by atoms with van der Waals surface area (Å²) in [5.41, 5.74) is 7.39. The number of fused-ring (bicyclic) bond motifs is 3. The summed E-state index contributed by atoms with van der Waals surface area (Å²) in [6.07, 6.45) is 3.62. The van der Waals surface area contributed by atoms with Crippen LogP contribution in [0.25, 0.3) is 0 Å². The van der Waals surface area contributed by atoms with Crippen LogP contribution in [0.2, 0.25) is 0 Å². The van der Waals surface area contributed by atoms with Gasteiger partial charge in [-0.15, -0.1) is 0 Å². The van der Waals surface area contributed by atoms with Crippen molar-refractivity contribution in [2.45, 2.75) is 44.1 Å². The van der Waals surface area contributed by atoms with Gasteiger partial charge >= 0.3 is 0 Å². The number of amidine groups is 1. The van der Waals surface area contributed by atoms with Gasteiger partial charge in [0.05, 0.1) is 18.8 Å². The Hall–Kier alpha value is -2.90. The summed E-state index contributed by atoms with van der Waals surface area (Å²) in [6.45, 7) is 0.368. The van der Waals surface area contributed by atoms with E-state index in [9.17, 15) is 9.90 Å². The third-order valence-corrected chi connectivity index (χ3v) is 6.64. The Morgan fingerprint density at radius 2 is 2.00 bits per heavy atom. The molecule has 7 nitrogen and oxygen atoms in total. The van der Waals surface area contributed by atoms with Crippen molar-refractivity contribution in [3.63, 3.8) is 0 Å². The Labute approximate surface area is 180 Å². The Balaban J connectivity index is 1.26. The molecule has 1 saturated carbocycles. The van der Waals surface area contributed by atoms with Crippen LogP contribution in [-0.2, 0) is 16.1 Å². The molecule has 2 aromatic rings. The highest BCUT2D eigenvalue weighted by Gasteiger charge is 2.46. The standard InChI is InChI=1S/C24H25N3O4/c28-11-10-27-21(29)13-15-12-20-18(22(15)27)2-1-3-19(20)23-25-24(31-26-23)14-4-6-16(7-5-14)30-17-8-9-17/h1-7,15,17,22,24,28H,8-13H2,(H,25,26). The zero-order chi connectivity index (χ0) is 20.9. The molecule has 6 rings (SSSR count). The van der Waals surface area contributed by atoms with Crippen LogP contribution in [0.5, 0.6) is 5.75 Å². The van der Waals surface area contributed by atoms with Crippen LogP contribution in [0.3, 0.4) is 0 Å². The number of hydrogen-bond acceptors (Lipinski definition) is 6. The number of ether oxygens (including phenoxy) is 1. The number of hydrogen-bond donors (Lipinski definition) is 2. The van der Waals surface area contributed by atoms with Gasteiger partial charge in [0.15, 0.2) is 5.84 Å². The lowest BCUT2D eigenvalue weighted by molar-refractivity contribution is -0.129. The fourth-order valence-electron chi connectivity index (χ4n) is 5.07. The number of aliphatic hydroxyl groups excluding tert-OH is 1. The zero-order valence-corrected chi connectivity index (χ0v) is 17.2. The van der Waals surface area contributed by atoms with Crippen LogP contribution in [0, 0.1) is 5.92 Å². The first kappa shape index (κ1) is 18.8. The second-order valence-corrected chi connectivity index (χ2v) is 8.73. The number of likely N-dealkylation sites (tertiary alicyclic amines) is 1. The third kappa shape index (κ3) is 3.28. The highest BCUT2D eigenvalue weighted by molar-refractivity contribution is 6.01. The number of nitrogens with one attached hydrogen (secondary N) is 1. The summed E-state index contributed by atoms with van der Waals surface area (Å²) in [6, 6.07) is 14.1. The van der Waals surface area contributed by atoms with Crippen LogP contribution in [-0.4, -0.2) is 41.0 Å². The highest BCUT2D eigenvalue weighted by Crippen LogP contribution is 2.48. The van der Waals surface area contributed by atoms with Crippen molar-refractivity contribution in [2.24, 2.45) is 10.9 Å². The van der Waals surface area contributed by atoms with Gasteiger partial charge in [0, 0.05) is 24.1 Å². The molecule has 160 valence electrons. The average Bonchev–Trinajstić information content (AvgIpc) is 3.19. The van der Waals surface area contributed by atoms with Crippen LogP contribution in [0.1, 0.15) is 53.8 Å². The lowest BCUT2D eigenvalue weighted by Crippen LogP contribution is -2.30. The van der Waals surface area contributed by atoms with E-state index in [4.69, 9.17) is 14.6 Å². The van der Waals surface area contributed by atoms with Crippen molar-refractivity contribution in [1.82, 2.24) is 10.4 Å². The molecule has 0 aromatic heterocycles. The van der Waals surface area contributed by atoms with Crippen molar-refractivity contribution in [2.75, 3.05) is 13.2 Å². The number of aliphatic imine (C=N–C) groups is 1. The first-order chi connectivity index (χ1) is 15.2. The molecule has 2 heterocycles. The smallest absolute Gasteiger partial charge is 0.223 e. The van der Waals surface area contributed by atoms with Crippen molar-refractivity contribution in [3.8, 4) is 5.75 Å². The Morgan fingerprint density at radius 1 is 1.16 bits per heavy atom. The fraction of sp³-hybridized carbons (Fsp3) is 0.417. The van der Waals surface area contributed by atoms with Gasteiger partial charge in [-0.05, 0) is 48.4 Å². The zero-order valence-electron chi connectivity index (χ0n) is 17.2. The molecule has 3 unspecified atom stereocenters. The maximum Gasteiger partial charge on any atom is 0.223 e. The van der Waals surface area contributed by atoms with Crippen LogP contribution in [0.4, 0.5) is 0 Å². The summed E-state index contributed by atoms with van der Waals surface area (Å²) >= 11 is 0. The third-order valence-electron chi connectivity index (χ3n) is 6.64. The molecule has 0 spiro atoms. The van der Waals surface area contributed by atoms with E-state index in [-0.39, 0.29) is 24.5 Å². The Bertz CT molecular complexity index is 1050. The molecule has 31 heavy (non-hydrogen) atoms. The number of amides is 1. The van der Waals surface area contributed by atoms with E-state index in [0.29, 0.717) is 19.1 Å². The van der Waals surface area contributed by atoms with E-state index < -0.39 is 6.23 Å². The molecular formula is C24H25N3O4. The average molecular weight is 419 g/mol. The molecule has 1 amide bonds. The molecule has 2 fully saturated rings. The molecule has 3 atom stereocenters. The minimum Gasteiger partial charge on any atom is -0.490 e. The van der Waals surface area contributed by atoms with Gasteiger partial charge in [-0.2, -0.15) is 0 Å². The van der Waals surface area contributed by atoms with Gasteiger partial charge in [0.25, 0.3) is 0 Å². The molecule has 0 bridgehead atoms. The number of hydroxylamine groups is 1. The van der Waals surface area contributed by atoms with Gasteiger partial charge < -0.3 is 14.7 Å². The van der Waals surface area contributed by atoms with E-state index in [1.54, 1.807) is 0 Å². The van der Waals surface area contributed by atoms with Crippen molar-refractivity contribution < 1.29 is 19.5 Å². The second-order valence-electron chi connectivity index (χ2n) is 8.73. The van der Waals surface area contributed by atoms with Gasteiger partial charge in [-0.25, -0.2) is 15.3 Å². The SMILES string of the molecule is O=C1CC2Cc3c(C4=NC(c5ccc(OC6CC6)cc5)ON4)cccc3C2N1CCO. The number of carbonyl (C=O) groups excluding carboxylic acids is 1. The topological polar surface area (TPSA) is 83.4 Å². The molecule has 0 radical (unpaired) electrons. The van der Waals surface area contributed by atoms with Gasteiger partial charge in [-0.1, -0.05) is 30.3 Å². The Morgan fingerprint density at radius 3 is 2.77 bits per heavy atom. The van der Waals surface area contributed by atoms with Crippen molar-refractivity contribution in [1.29, 1.82) is 0 Å². The maximum absolute atomic E-state index is 12.4. The molecule has 2 aromatic carbocycles. The van der Waals surface area contributed by atoms with E-state index in [2.05, 4.69) is 17.6 Å². The van der Waals surface area contributed by atoms with Gasteiger partial charge in [0.2, 0.25) is 12.1 Å². The number of β-amino-alcohol motifs (C(OH)–C–C–N with tert-alkyl or cyclic N) is 1. The fourth-order valence-corrected chi connectivity index (χ4v) is 5.07. The molecule has 7 heteroatoms. The molecular weight excluding hydrogens is 394 g/mol. The van der Waals surface area contributed by atoms with Crippen molar-refractivity contribution in [3.05, 3.63) is 64.7 Å². The number of aliphatic hydroxyl groups is 1. The van der Waals surface area contributed by atoms with E-state index in [1.165, 1.54) is 5.56 Å². The summed E-state index contributed by atoms with van der Waals surface area (Å²) in [7, 11) is 0. The predicted octanol–water partition coefficient (Wildman–Crippen LogP) is 2.65. The van der Waals surface area contributed by atoms with Crippen LogP contribution >= 0.6 is 0 Å². The quantitative estimate of drug-likeness (QED) is 0.752.